The molecule has 2 N–H and O–H groups in total. The molecule has 1 aliphatic heterocycles. The van der Waals surface area contributed by atoms with Crippen LogP contribution in [0, 0.1) is 16.0 Å². The van der Waals surface area contributed by atoms with Crippen LogP contribution in [0.4, 0.5) is 5.69 Å². The highest BCUT2D eigenvalue weighted by Gasteiger charge is 2.28. The third-order valence-corrected chi connectivity index (χ3v) is 4.49. The van der Waals surface area contributed by atoms with Gasteiger partial charge < -0.3 is 15.2 Å². The number of phenols is 1. The summed E-state index contributed by atoms with van der Waals surface area (Å²) in [6.07, 6.45) is 1.83. The molecule has 9 heteroatoms. The van der Waals surface area contributed by atoms with Gasteiger partial charge in [0, 0.05) is 43.9 Å². The maximum absolute atomic E-state index is 11.2. The topological polar surface area (TPSA) is 87.9 Å². The second-order valence-electron chi connectivity index (χ2n) is 6.62. The summed E-state index contributed by atoms with van der Waals surface area (Å²) in [7, 11) is 1.41. The molecule has 150 valence electrons. The van der Waals surface area contributed by atoms with Crippen LogP contribution >= 0.6 is 24.8 Å². The lowest BCUT2D eigenvalue weighted by Crippen LogP contribution is -2.45. The van der Waals surface area contributed by atoms with Crippen LogP contribution in [-0.2, 0) is 0 Å². The molecule has 0 bridgehead atoms. The van der Waals surface area contributed by atoms with E-state index in [0.717, 1.165) is 39.0 Å². The fourth-order valence-electron chi connectivity index (χ4n) is 3.15. The highest BCUT2D eigenvalue weighted by Crippen LogP contribution is 2.41. The van der Waals surface area contributed by atoms with E-state index in [9.17, 15) is 15.2 Å². The molecule has 7 nitrogen and oxygen atoms in total. The molecule has 0 unspecified atom stereocenters. The van der Waals surface area contributed by atoms with Gasteiger partial charge in [-0.25, -0.2) is 0 Å². The molecule has 1 heterocycles. The quantitative estimate of drug-likeness (QED) is 0.528. The SMILES string of the molecule is COc1cc([N+](=O)[O-])cc([C@H](CCC(C)C)N2CCNCC2)c1O.Cl.Cl. The monoisotopic (exact) mass is 409 g/mol. The summed E-state index contributed by atoms with van der Waals surface area (Å²) >= 11 is 0. The van der Waals surface area contributed by atoms with Crippen LogP contribution in [0.5, 0.6) is 11.5 Å². The molecule has 1 saturated heterocycles. The van der Waals surface area contributed by atoms with Gasteiger partial charge in [0.05, 0.1) is 18.1 Å². The van der Waals surface area contributed by atoms with Crippen LogP contribution in [0.1, 0.15) is 38.3 Å². The molecular formula is C17H29Cl2N3O4. The second-order valence-corrected chi connectivity index (χ2v) is 6.62. The number of hydrogen-bond acceptors (Lipinski definition) is 6. The van der Waals surface area contributed by atoms with Crippen molar-refractivity contribution in [3.63, 3.8) is 0 Å². The fourth-order valence-corrected chi connectivity index (χ4v) is 3.15. The summed E-state index contributed by atoms with van der Waals surface area (Å²) in [5, 5.41) is 25.1. The molecule has 26 heavy (non-hydrogen) atoms. The summed E-state index contributed by atoms with van der Waals surface area (Å²) in [6.45, 7) is 7.78. The van der Waals surface area contributed by atoms with E-state index in [1.54, 1.807) is 0 Å². The van der Waals surface area contributed by atoms with Crippen LogP contribution in [0.2, 0.25) is 0 Å². The lowest BCUT2D eigenvalue weighted by molar-refractivity contribution is -0.385. The van der Waals surface area contributed by atoms with Gasteiger partial charge in [0.15, 0.2) is 11.5 Å². The zero-order chi connectivity index (χ0) is 17.7. The lowest BCUT2D eigenvalue weighted by atomic mass is 9.94. The Morgan fingerprint density at radius 2 is 1.88 bits per heavy atom. The van der Waals surface area contributed by atoms with Gasteiger partial charge >= 0.3 is 0 Å². The second kappa shape index (κ2) is 11.4. The van der Waals surface area contributed by atoms with E-state index < -0.39 is 4.92 Å². The Kier molecular flexibility index (Phi) is 10.9. The van der Waals surface area contributed by atoms with Crippen LogP contribution < -0.4 is 10.1 Å². The molecule has 0 aliphatic carbocycles. The van der Waals surface area contributed by atoms with E-state index in [2.05, 4.69) is 24.1 Å². The number of halogens is 2. The van der Waals surface area contributed by atoms with Crippen molar-refractivity contribution < 1.29 is 14.8 Å². The molecule has 0 amide bonds. The van der Waals surface area contributed by atoms with E-state index >= 15 is 0 Å². The summed E-state index contributed by atoms with van der Waals surface area (Å²) in [5.41, 5.74) is 0.535. The smallest absolute Gasteiger partial charge is 0.273 e. The Morgan fingerprint density at radius 3 is 2.38 bits per heavy atom. The minimum atomic E-state index is -0.442. The molecule has 1 fully saturated rings. The van der Waals surface area contributed by atoms with Gasteiger partial charge in [0.25, 0.3) is 5.69 Å². The lowest BCUT2D eigenvalue weighted by Gasteiger charge is -2.36. The number of nitrogens with zero attached hydrogens (tertiary/aromatic N) is 2. The van der Waals surface area contributed by atoms with Crippen molar-refractivity contribution in [3.05, 3.63) is 27.8 Å². The standard InChI is InChI=1S/C17H27N3O4.2ClH/c1-12(2)4-5-15(19-8-6-18-7-9-19)14-10-13(20(22)23)11-16(24-3)17(14)21;;/h10-12,15,18,21H,4-9H2,1-3H3;2*1H/t15-;;/m0../s1. The highest BCUT2D eigenvalue weighted by molar-refractivity contribution is 5.85. The van der Waals surface area contributed by atoms with E-state index in [1.807, 2.05) is 0 Å². The third-order valence-electron chi connectivity index (χ3n) is 4.49. The van der Waals surface area contributed by atoms with Gasteiger partial charge in [0.2, 0.25) is 0 Å². The number of methoxy groups -OCH3 is 1. The van der Waals surface area contributed by atoms with Crippen molar-refractivity contribution in [2.24, 2.45) is 5.92 Å². The van der Waals surface area contributed by atoms with E-state index in [1.165, 1.54) is 19.2 Å². The minimum Gasteiger partial charge on any atom is -0.504 e. The summed E-state index contributed by atoms with van der Waals surface area (Å²) in [5.74, 6) is 0.692. The number of piperazine rings is 1. The number of nitro groups is 1. The van der Waals surface area contributed by atoms with Gasteiger partial charge in [-0.2, -0.15) is 0 Å². The Hall–Kier alpha value is -1.28. The largest absolute Gasteiger partial charge is 0.504 e. The molecule has 1 aromatic rings. The predicted molar refractivity (Wildman–Crippen MR) is 107 cm³/mol. The first-order chi connectivity index (χ1) is 11.4. The minimum absolute atomic E-state index is 0. The Labute approximate surface area is 167 Å². The van der Waals surface area contributed by atoms with Gasteiger partial charge in [-0.05, 0) is 18.8 Å². The van der Waals surface area contributed by atoms with E-state index in [0.29, 0.717) is 11.5 Å². The van der Waals surface area contributed by atoms with Crippen LogP contribution in [-0.4, -0.2) is 48.2 Å². The maximum atomic E-state index is 11.2. The van der Waals surface area contributed by atoms with Crippen molar-refractivity contribution >= 4 is 30.5 Å². The van der Waals surface area contributed by atoms with Crippen molar-refractivity contribution in [2.75, 3.05) is 33.3 Å². The maximum Gasteiger partial charge on any atom is 0.273 e. The first kappa shape index (κ1) is 24.7. The van der Waals surface area contributed by atoms with Crippen LogP contribution in [0.25, 0.3) is 0 Å². The molecular weight excluding hydrogens is 381 g/mol. The number of benzene rings is 1. The average Bonchev–Trinajstić information content (AvgIpc) is 2.56. The zero-order valence-electron chi connectivity index (χ0n) is 15.4. The molecule has 0 radical (unpaired) electrons. The molecule has 0 aromatic heterocycles. The van der Waals surface area contributed by atoms with Gasteiger partial charge in [0.1, 0.15) is 0 Å². The fraction of sp³-hybridized carbons (Fsp3) is 0.647. The molecule has 1 aliphatic rings. The Bertz CT molecular complexity index is 581. The number of nitrogens with one attached hydrogen (secondary N) is 1. The summed E-state index contributed by atoms with van der Waals surface area (Å²) < 4.78 is 5.15. The predicted octanol–water partition coefficient (Wildman–Crippen LogP) is 3.54. The average molecular weight is 410 g/mol. The molecule has 0 spiro atoms. The van der Waals surface area contributed by atoms with Gasteiger partial charge in [-0.1, -0.05) is 13.8 Å². The number of ether oxygens (including phenoxy) is 1. The number of rotatable bonds is 7. The zero-order valence-corrected chi connectivity index (χ0v) is 17.1. The first-order valence-electron chi connectivity index (χ1n) is 8.44. The third kappa shape index (κ3) is 6.16. The number of hydrogen-bond donors (Lipinski definition) is 2. The number of aromatic hydroxyl groups is 1. The molecule has 1 atom stereocenters. The van der Waals surface area contributed by atoms with Crippen molar-refractivity contribution in [1.29, 1.82) is 0 Å². The first-order valence-corrected chi connectivity index (χ1v) is 8.44. The van der Waals surface area contributed by atoms with Crippen molar-refractivity contribution in [2.45, 2.75) is 32.7 Å². The number of nitro benzene ring substituents is 1. The van der Waals surface area contributed by atoms with E-state index in [-0.39, 0.29) is 48.0 Å². The van der Waals surface area contributed by atoms with Crippen LogP contribution in [0.15, 0.2) is 12.1 Å². The van der Waals surface area contributed by atoms with E-state index in [4.69, 9.17) is 4.74 Å². The molecule has 0 saturated carbocycles. The highest BCUT2D eigenvalue weighted by atomic mass is 35.5. The van der Waals surface area contributed by atoms with Crippen LogP contribution in [0.3, 0.4) is 0 Å². The summed E-state index contributed by atoms with van der Waals surface area (Å²) in [6, 6.07) is 2.71. The Balaban J connectivity index is 0.00000312. The molecule has 1 aromatic carbocycles. The number of non-ortho nitro benzene ring substituents is 1. The van der Waals surface area contributed by atoms with Crippen molar-refractivity contribution in [3.8, 4) is 11.5 Å². The number of phenolic OH excluding ortho intramolecular Hbond substituents is 1. The summed E-state index contributed by atoms with van der Waals surface area (Å²) in [4.78, 5) is 13.1. The van der Waals surface area contributed by atoms with Gasteiger partial charge in [-0.15, -0.1) is 24.8 Å². The normalized spacial score (nSPS) is 15.7. The van der Waals surface area contributed by atoms with Gasteiger partial charge in [-0.3, -0.25) is 15.0 Å². The van der Waals surface area contributed by atoms with Crippen molar-refractivity contribution in [1.82, 2.24) is 10.2 Å². The molecule has 2 rings (SSSR count). The Morgan fingerprint density at radius 1 is 1.27 bits per heavy atom.